The predicted octanol–water partition coefficient (Wildman–Crippen LogP) is 6.04. The highest BCUT2D eigenvalue weighted by Crippen LogP contribution is 2.16. The van der Waals surface area contributed by atoms with Crippen LogP contribution in [0.1, 0.15) is 89.2 Å². The van der Waals surface area contributed by atoms with Gasteiger partial charge in [-0.15, -0.1) is 0 Å². The molecule has 1 aromatic rings. The van der Waals surface area contributed by atoms with Crippen molar-refractivity contribution in [3.63, 3.8) is 0 Å². The van der Waals surface area contributed by atoms with Crippen LogP contribution >= 0.6 is 0 Å². The van der Waals surface area contributed by atoms with Gasteiger partial charge < -0.3 is 4.98 Å². The maximum atomic E-state index is 3.30. The molecule has 110 valence electrons. The highest BCUT2D eigenvalue weighted by molar-refractivity contribution is 5.23. The Balaban J connectivity index is 2.15. The summed E-state index contributed by atoms with van der Waals surface area (Å²) in [6.45, 7) is 4.56. The Morgan fingerprint density at radius 1 is 0.632 bits per heavy atom. The Kier molecular flexibility index (Phi) is 9.57. The molecule has 0 amide bonds. The van der Waals surface area contributed by atoms with E-state index in [1.54, 1.807) is 11.1 Å². The summed E-state index contributed by atoms with van der Waals surface area (Å²) in [4.78, 5) is 3.30. The molecular weight excluding hydrogens is 230 g/mol. The van der Waals surface area contributed by atoms with Crippen LogP contribution in [0.5, 0.6) is 0 Å². The van der Waals surface area contributed by atoms with Crippen molar-refractivity contribution >= 4 is 0 Å². The van der Waals surface area contributed by atoms with Gasteiger partial charge in [0.2, 0.25) is 0 Å². The van der Waals surface area contributed by atoms with Crippen molar-refractivity contribution in [1.82, 2.24) is 4.98 Å². The number of hydrogen-bond acceptors (Lipinski definition) is 0. The van der Waals surface area contributed by atoms with E-state index in [9.17, 15) is 0 Å². The lowest BCUT2D eigenvalue weighted by Gasteiger charge is -2.04. The number of aromatic amines is 1. The average molecular weight is 263 g/mol. The second kappa shape index (κ2) is 11.1. The quantitative estimate of drug-likeness (QED) is 0.442. The summed E-state index contributed by atoms with van der Waals surface area (Å²) < 4.78 is 0. The monoisotopic (exact) mass is 263 g/mol. The summed E-state index contributed by atoms with van der Waals surface area (Å²) in [7, 11) is 0. The molecule has 19 heavy (non-hydrogen) atoms. The summed E-state index contributed by atoms with van der Waals surface area (Å²) in [5.41, 5.74) is 3.15. The number of hydrogen-bond donors (Lipinski definition) is 1. The maximum Gasteiger partial charge on any atom is 0.00401 e. The van der Waals surface area contributed by atoms with Crippen LogP contribution in [0.25, 0.3) is 0 Å². The van der Waals surface area contributed by atoms with Crippen LogP contribution in [0, 0.1) is 0 Å². The molecule has 0 aliphatic carbocycles. The van der Waals surface area contributed by atoms with Gasteiger partial charge in [-0.25, -0.2) is 0 Å². The summed E-state index contributed by atoms with van der Waals surface area (Å²) in [5.74, 6) is 0. The molecule has 0 atom stereocenters. The average Bonchev–Trinajstić information content (AvgIpc) is 2.86. The topological polar surface area (TPSA) is 15.8 Å². The van der Waals surface area contributed by atoms with Crippen molar-refractivity contribution in [3.8, 4) is 0 Å². The van der Waals surface area contributed by atoms with E-state index in [2.05, 4.69) is 31.2 Å². The maximum absolute atomic E-state index is 3.30. The van der Waals surface area contributed by atoms with Gasteiger partial charge in [0, 0.05) is 12.4 Å². The van der Waals surface area contributed by atoms with Gasteiger partial charge in [-0.05, 0) is 36.8 Å². The first-order chi connectivity index (χ1) is 9.38. The van der Waals surface area contributed by atoms with Gasteiger partial charge in [-0.1, -0.05) is 65.2 Å². The number of aryl methyl sites for hydroxylation is 2. The summed E-state index contributed by atoms with van der Waals surface area (Å²) in [6.07, 6.45) is 20.8. The molecule has 0 fully saturated rings. The molecule has 0 spiro atoms. The van der Waals surface area contributed by atoms with Crippen molar-refractivity contribution < 1.29 is 0 Å². The van der Waals surface area contributed by atoms with Gasteiger partial charge in [0.1, 0.15) is 0 Å². The van der Waals surface area contributed by atoms with Crippen LogP contribution in [0.3, 0.4) is 0 Å². The van der Waals surface area contributed by atoms with E-state index in [1.165, 1.54) is 77.0 Å². The fourth-order valence-corrected chi connectivity index (χ4v) is 2.73. The molecule has 0 saturated heterocycles. The minimum Gasteiger partial charge on any atom is -0.367 e. The fraction of sp³-hybridized carbons (Fsp3) is 0.778. The Bertz CT molecular complexity index is 272. The first-order valence-corrected chi connectivity index (χ1v) is 8.53. The lowest BCUT2D eigenvalue weighted by molar-refractivity contribution is 0.622. The molecule has 0 aromatic carbocycles. The fourth-order valence-electron chi connectivity index (χ4n) is 2.73. The third-order valence-electron chi connectivity index (χ3n) is 4.03. The number of nitrogens with one attached hydrogen (secondary N) is 1. The third kappa shape index (κ3) is 7.44. The molecule has 0 bridgehead atoms. The van der Waals surface area contributed by atoms with Gasteiger partial charge in [0.05, 0.1) is 0 Å². The van der Waals surface area contributed by atoms with Crippen molar-refractivity contribution in [2.45, 2.75) is 90.9 Å². The first kappa shape index (κ1) is 16.3. The molecule has 1 nitrogen and oxygen atoms in total. The SMILES string of the molecule is CCCCCCCc1c[nH]cc1CCCCCCC. The van der Waals surface area contributed by atoms with Crippen molar-refractivity contribution in [2.75, 3.05) is 0 Å². The van der Waals surface area contributed by atoms with E-state index >= 15 is 0 Å². The van der Waals surface area contributed by atoms with E-state index < -0.39 is 0 Å². The van der Waals surface area contributed by atoms with Gasteiger partial charge in [0.15, 0.2) is 0 Å². The van der Waals surface area contributed by atoms with E-state index in [0.717, 1.165) is 0 Å². The highest BCUT2D eigenvalue weighted by Gasteiger charge is 2.03. The van der Waals surface area contributed by atoms with E-state index in [1.807, 2.05) is 0 Å². The zero-order chi connectivity index (χ0) is 13.8. The molecule has 0 aliphatic rings. The van der Waals surface area contributed by atoms with Crippen LogP contribution < -0.4 is 0 Å². The Morgan fingerprint density at radius 2 is 1.05 bits per heavy atom. The molecule has 1 heterocycles. The third-order valence-corrected chi connectivity index (χ3v) is 4.03. The summed E-state index contributed by atoms with van der Waals surface area (Å²) >= 11 is 0. The number of H-pyrrole nitrogens is 1. The molecule has 1 aromatic heterocycles. The molecule has 0 aliphatic heterocycles. The van der Waals surface area contributed by atoms with Gasteiger partial charge in [0.25, 0.3) is 0 Å². The Morgan fingerprint density at radius 3 is 1.47 bits per heavy atom. The smallest absolute Gasteiger partial charge is 0.00401 e. The highest BCUT2D eigenvalue weighted by atomic mass is 14.6. The van der Waals surface area contributed by atoms with Crippen molar-refractivity contribution in [1.29, 1.82) is 0 Å². The second-order valence-corrected chi connectivity index (χ2v) is 5.83. The zero-order valence-corrected chi connectivity index (χ0v) is 13.1. The molecule has 1 N–H and O–H groups in total. The zero-order valence-electron chi connectivity index (χ0n) is 13.1. The van der Waals surface area contributed by atoms with Crippen LogP contribution in [0.4, 0.5) is 0 Å². The first-order valence-electron chi connectivity index (χ1n) is 8.53. The Hall–Kier alpha value is -0.720. The van der Waals surface area contributed by atoms with E-state index in [4.69, 9.17) is 0 Å². The van der Waals surface area contributed by atoms with E-state index in [-0.39, 0.29) is 0 Å². The van der Waals surface area contributed by atoms with Gasteiger partial charge >= 0.3 is 0 Å². The second-order valence-electron chi connectivity index (χ2n) is 5.83. The molecular formula is C18H33N. The van der Waals surface area contributed by atoms with Crippen LogP contribution in [0.15, 0.2) is 12.4 Å². The lowest BCUT2D eigenvalue weighted by Crippen LogP contribution is -1.91. The largest absolute Gasteiger partial charge is 0.367 e. The van der Waals surface area contributed by atoms with E-state index in [0.29, 0.717) is 0 Å². The van der Waals surface area contributed by atoms with Crippen LogP contribution in [-0.4, -0.2) is 4.98 Å². The molecule has 1 heteroatoms. The van der Waals surface area contributed by atoms with Crippen molar-refractivity contribution in [2.24, 2.45) is 0 Å². The Labute approximate surface area is 120 Å². The summed E-state index contributed by atoms with van der Waals surface area (Å²) in [5, 5.41) is 0. The number of unbranched alkanes of at least 4 members (excludes halogenated alkanes) is 8. The van der Waals surface area contributed by atoms with Crippen molar-refractivity contribution in [3.05, 3.63) is 23.5 Å². The molecule has 0 saturated carbocycles. The normalized spacial score (nSPS) is 11.1. The number of rotatable bonds is 12. The standard InChI is InChI=1S/C18H33N/c1-3-5-7-9-11-13-17-15-19-16-18(17)14-12-10-8-6-4-2/h15-16,19H,3-14H2,1-2H3. The predicted molar refractivity (Wildman–Crippen MR) is 85.7 cm³/mol. The van der Waals surface area contributed by atoms with Crippen LogP contribution in [-0.2, 0) is 12.8 Å². The van der Waals surface area contributed by atoms with Gasteiger partial charge in [-0.3, -0.25) is 0 Å². The minimum absolute atomic E-state index is 1.28. The van der Waals surface area contributed by atoms with Crippen LogP contribution in [0.2, 0.25) is 0 Å². The lowest BCUT2D eigenvalue weighted by atomic mass is 10.0. The minimum atomic E-state index is 1.28. The molecule has 0 radical (unpaired) electrons. The number of aromatic nitrogens is 1. The molecule has 1 rings (SSSR count). The van der Waals surface area contributed by atoms with Gasteiger partial charge in [-0.2, -0.15) is 0 Å². The molecule has 0 unspecified atom stereocenters. The summed E-state index contributed by atoms with van der Waals surface area (Å²) in [6, 6.07) is 0.